The summed E-state index contributed by atoms with van der Waals surface area (Å²) < 4.78 is 5.76. The first-order chi connectivity index (χ1) is 10.0. The van der Waals surface area contributed by atoms with Crippen molar-refractivity contribution in [3.63, 3.8) is 0 Å². The fraction of sp³-hybridized carbons (Fsp3) is 0.176. The molecule has 0 aromatic heterocycles. The first-order valence-corrected chi connectivity index (χ1v) is 6.63. The zero-order valence-electron chi connectivity index (χ0n) is 12.3. The van der Waals surface area contributed by atoms with Gasteiger partial charge in [-0.1, -0.05) is 18.2 Å². The lowest BCUT2D eigenvalue weighted by Crippen LogP contribution is -2.27. The molecule has 0 saturated carbocycles. The van der Waals surface area contributed by atoms with E-state index in [1.807, 2.05) is 32.0 Å². The van der Waals surface area contributed by atoms with Gasteiger partial charge in [0.2, 0.25) is 0 Å². The van der Waals surface area contributed by atoms with Crippen molar-refractivity contribution in [1.29, 1.82) is 0 Å². The molecule has 0 radical (unpaired) electrons. The smallest absolute Gasteiger partial charge is 0.292 e. The van der Waals surface area contributed by atoms with Crippen LogP contribution in [0.1, 0.15) is 21.5 Å². The standard InChI is InChI=1S/C17H17NO3/c1-11-8-9-13(10-12(11)2)21-15-7-5-4-6-14(15)16(19)17(20)18-3/h4-10H,1-3H3,(H,18,20). The van der Waals surface area contributed by atoms with Crippen molar-refractivity contribution >= 4 is 11.7 Å². The number of nitrogens with one attached hydrogen (secondary N) is 1. The Hall–Kier alpha value is -2.62. The summed E-state index contributed by atoms with van der Waals surface area (Å²) in [5.41, 5.74) is 2.51. The number of benzene rings is 2. The van der Waals surface area contributed by atoms with Gasteiger partial charge in [0.1, 0.15) is 11.5 Å². The van der Waals surface area contributed by atoms with E-state index in [9.17, 15) is 9.59 Å². The third-order valence-corrected chi connectivity index (χ3v) is 3.27. The molecule has 4 nitrogen and oxygen atoms in total. The molecular weight excluding hydrogens is 266 g/mol. The number of para-hydroxylation sites is 1. The van der Waals surface area contributed by atoms with Gasteiger partial charge in [-0.2, -0.15) is 0 Å². The Morgan fingerprint density at radius 2 is 1.71 bits per heavy atom. The van der Waals surface area contributed by atoms with Crippen molar-refractivity contribution in [1.82, 2.24) is 5.32 Å². The van der Waals surface area contributed by atoms with Crippen LogP contribution < -0.4 is 10.1 Å². The van der Waals surface area contributed by atoms with Crippen molar-refractivity contribution in [3.8, 4) is 11.5 Å². The summed E-state index contributed by atoms with van der Waals surface area (Å²) in [7, 11) is 1.42. The predicted octanol–water partition coefficient (Wildman–Crippen LogP) is 3.02. The van der Waals surface area contributed by atoms with Crippen molar-refractivity contribution in [3.05, 3.63) is 59.2 Å². The van der Waals surface area contributed by atoms with Crippen molar-refractivity contribution in [2.75, 3.05) is 7.05 Å². The molecule has 0 atom stereocenters. The van der Waals surface area contributed by atoms with Gasteiger partial charge in [-0.3, -0.25) is 9.59 Å². The van der Waals surface area contributed by atoms with Crippen LogP contribution >= 0.6 is 0 Å². The van der Waals surface area contributed by atoms with Gasteiger partial charge in [0, 0.05) is 7.05 Å². The Kier molecular flexibility index (Phi) is 4.38. The molecule has 2 aromatic rings. The van der Waals surface area contributed by atoms with Gasteiger partial charge in [0.15, 0.2) is 0 Å². The molecule has 0 unspecified atom stereocenters. The number of rotatable bonds is 4. The Balaban J connectivity index is 2.34. The Morgan fingerprint density at radius 3 is 2.38 bits per heavy atom. The average Bonchev–Trinajstić information content (AvgIpc) is 2.50. The van der Waals surface area contributed by atoms with E-state index in [2.05, 4.69) is 5.32 Å². The minimum absolute atomic E-state index is 0.245. The van der Waals surface area contributed by atoms with Gasteiger partial charge in [-0.25, -0.2) is 0 Å². The molecule has 0 heterocycles. The Labute approximate surface area is 123 Å². The lowest BCUT2D eigenvalue weighted by molar-refractivity contribution is -0.116. The number of ketones is 1. The van der Waals surface area contributed by atoms with Crippen LogP contribution in [-0.4, -0.2) is 18.7 Å². The fourth-order valence-corrected chi connectivity index (χ4v) is 1.88. The summed E-state index contributed by atoms with van der Waals surface area (Å²) >= 11 is 0. The van der Waals surface area contributed by atoms with Crippen LogP contribution in [0.4, 0.5) is 0 Å². The molecular formula is C17H17NO3. The molecule has 108 valence electrons. The second-order valence-electron chi connectivity index (χ2n) is 4.75. The summed E-state index contributed by atoms with van der Waals surface area (Å²) in [5.74, 6) is -0.271. The van der Waals surface area contributed by atoms with Crippen LogP contribution in [0.15, 0.2) is 42.5 Å². The maximum Gasteiger partial charge on any atom is 0.292 e. The molecule has 0 bridgehead atoms. The van der Waals surface area contributed by atoms with Crippen LogP contribution in [0.3, 0.4) is 0 Å². The van der Waals surface area contributed by atoms with Crippen molar-refractivity contribution in [2.45, 2.75) is 13.8 Å². The van der Waals surface area contributed by atoms with E-state index in [1.165, 1.54) is 7.05 Å². The minimum Gasteiger partial charge on any atom is -0.457 e. The summed E-state index contributed by atoms with van der Waals surface area (Å²) in [6, 6.07) is 12.4. The van der Waals surface area contributed by atoms with Crippen molar-refractivity contribution in [2.24, 2.45) is 0 Å². The fourth-order valence-electron chi connectivity index (χ4n) is 1.88. The zero-order chi connectivity index (χ0) is 15.4. The van der Waals surface area contributed by atoms with Gasteiger partial charge in [0.25, 0.3) is 11.7 Å². The lowest BCUT2D eigenvalue weighted by atomic mass is 10.1. The molecule has 4 heteroatoms. The van der Waals surface area contributed by atoms with E-state index in [-0.39, 0.29) is 5.56 Å². The van der Waals surface area contributed by atoms with Gasteiger partial charge in [0.05, 0.1) is 5.56 Å². The molecule has 0 fully saturated rings. The first kappa shape index (κ1) is 14.8. The summed E-state index contributed by atoms with van der Waals surface area (Å²) in [6.45, 7) is 4.01. The summed E-state index contributed by atoms with van der Waals surface area (Å²) in [6.07, 6.45) is 0. The molecule has 21 heavy (non-hydrogen) atoms. The normalized spacial score (nSPS) is 10.0. The van der Waals surface area contributed by atoms with E-state index >= 15 is 0 Å². The number of aryl methyl sites for hydroxylation is 2. The Morgan fingerprint density at radius 1 is 1.00 bits per heavy atom. The molecule has 2 rings (SSSR count). The van der Waals surface area contributed by atoms with Gasteiger partial charge >= 0.3 is 0 Å². The number of hydrogen-bond acceptors (Lipinski definition) is 3. The molecule has 0 spiro atoms. The van der Waals surface area contributed by atoms with E-state index in [0.717, 1.165) is 11.1 Å². The molecule has 1 amide bonds. The van der Waals surface area contributed by atoms with E-state index < -0.39 is 11.7 Å². The quantitative estimate of drug-likeness (QED) is 0.693. The van der Waals surface area contributed by atoms with Crippen LogP contribution in [0, 0.1) is 13.8 Å². The van der Waals surface area contributed by atoms with Crippen LogP contribution in [-0.2, 0) is 4.79 Å². The number of hydrogen-bond donors (Lipinski definition) is 1. The second kappa shape index (κ2) is 6.22. The van der Waals surface area contributed by atoms with Crippen LogP contribution in [0.5, 0.6) is 11.5 Å². The van der Waals surface area contributed by atoms with Gasteiger partial charge in [-0.15, -0.1) is 0 Å². The predicted molar refractivity (Wildman–Crippen MR) is 80.8 cm³/mol. The number of carbonyl (C=O) groups is 2. The number of ether oxygens (including phenoxy) is 1. The number of amides is 1. The number of likely N-dealkylation sites (N-methyl/N-ethyl adjacent to an activating group) is 1. The van der Waals surface area contributed by atoms with Crippen LogP contribution in [0.2, 0.25) is 0 Å². The van der Waals surface area contributed by atoms with E-state index in [0.29, 0.717) is 11.5 Å². The molecule has 1 N–H and O–H groups in total. The molecule has 0 aliphatic rings. The second-order valence-corrected chi connectivity index (χ2v) is 4.75. The van der Waals surface area contributed by atoms with Gasteiger partial charge < -0.3 is 10.1 Å². The lowest BCUT2D eigenvalue weighted by Gasteiger charge is -2.11. The highest BCUT2D eigenvalue weighted by Gasteiger charge is 2.19. The minimum atomic E-state index is -0.661. The van der Waals surface area contributed by atoms with E-state index in [4.69, 9.17) is 4.74 Å². The maximum atomic E-state index is 12.0. The monoisotopic (exact) mass is 283 g/mol. The third kappa shape index (κ3) is 3.28. The summed E-state index contributed by atoms with van der Waals surface area (Å²) in [4.78, 5) is 23.5. The van der Waals surface area contributed by atoms with Crippen LogP contribution in [0.25, 0.3) is 0 Å². The third-order valence-electron chi connectivity index (χ3n) is 3.27. The molecule has 0 aliphatic carbocycles. The average molecular weight is 283 g/mol. The summed E-state index contributed by atoms with van der Waals surface area (Å²) in [5, 5.41) is 2.33. The highest BCUT2D eigenvalue weighted by Crippen LogP contribution is 2.27. The Bertz CT molecular complexity index is 692. The molecule has 0 aliphatic heterocycles. The highest BCUT2D eigenvalue weighted by atomic mass is 16.5. The maximum absolute atomic E-state index is 12.0. The molecule has 0 saturated heterocycles. The highest BCUT2D eigenvalue weighted by molar-refractivity contribution is 6.43. The van der Waals surface area contributed by atoms with Gasteiger partial charge in [-0.05, 0) is 49.2 Å². The number of Topliss-reactive ketones (excluding diaryl/α,β-unsaturated/α-hetero) is 1. The first-order valence-electron chi connectivity index (χ1n) is 6.63. The van der Waals surface area contributed by atoms with Crippen molar-refractivity contribution < 1.29 is 14.3 Å². The van der Waals surface area contributed by atoms with E-state index in [1.54, 1.807) is 24.3 Å². The number of carbonyl (C=O) groups excluding carboxylic acids is 2. The molecule has 2 aromatic carbocycles. The zero-order valence-corrected chi connectivity index (χ0v) is 12.3. The largest absolute Gasteiger partial charge is 0.457 e. The topological polar surface area (TPSA) is 55.4 Å². The SMILES string of the molecule is CNC(=O)C(=O)c1ccccc1Oc1ccc(C)c(C)c1.